The van der Waals surface area contributed by atoms with Crippen LogP contribution >= 0.6 is 0 Å². The number of epoxide rings is 1. The molecule has 0 aromatic rings. The van der Waals surface area contributed by atoms with E-state index in [1.165, 1.54) is 0 Å². The molecule has 1 spiro atoms. The zero-order valence-corrected chi connectivity index (χ0v) is 11.8. The number of carbonyl (C=O) groups excluding carboxylic acids is 1. The second-order valence-electron chi connectivity index (χ2n) is 7.02. The van der Waals surface area contributed by atoms with Crippen LogP contribution in [0, 0.1) is 10.8 Å². The van der Waals surface area contributed by atoms with Gasteiger partial charge in [-0.2, -0.15) is 0 Å². The molecule has 4 aliphatic rings. The SMILES string of the molecule is CC1=CC2OC3[C@H](O)C[C@](C)([C@@]2(CO)CC1=O)[C@]31CO1. The third-order valence-electron chi connectivity index (χ3n) is 6.35. The summed E-state index contributed by atoms with van der Waals surface area (Å²) in [7, 11) is 0. The number of allylic oxidation sites excluding steroid dienone is 1. The summed E-state index contributed by atoms with van der Waals surface area (Å²) in [5.74, 6) is 0.0516. The lowest BCUT2D eigenvalue weighted by Gasteiger charge is -2.56. The minimum Gasteiger partial charge on any atom is -0.396 e. The molecule has 4 rings (SSSR count). The van der Waals surface area contributed by atoms with E-state index in [4.69, 9.17) is 9.47 Å². The average molecular weight is 280 g/mol. The Labute approximate surface area is 117 Å². The van der Waals surface area contributed by atoms with Gasteiger partial charge in [0, 0.05) is 17.3 Å². The maximum Gasteiger partial charge on any atom is 0.159 e. The highest BCUT2D eigenvalue weighted by Gasteiger charge is 2.81. The van der Waals surface area contributed by atoms with Gasteiger partial charge < -0.3 is 19.7 Å². The maximum absolute atomic E-state index is 12.2. The first-order valence-electron chi connectivity index (χ1n) is 7.20. The normalized spacial score (nSPS) is 56.7. The van der Waals surface area contributed by atoms with E-state index in [1.54, 1.807) is 6.92 Å². The van der Waals surface area contributed by atoms with Crippen molar-refractivity contribution in [1.29, 1.82) is 0 Å². The third-order valence-corrected chi connectivity index (χ3v) is 6.35. The number of Topliss-reactive ketones (excluding diaryl/α,β-unsaturated/α-hetero) is 1. The molecule has 2 aliphatic carbocycles. The number of aliphatic hydroxyl groups excluding tert-OH is 2. The van der Waals surface area contributed by atoms with E-state index < -0.39 is 22.5 Å². The van der Waals surface area contributed by atoms with Gasteiger partial charge in [0.25, 0.3) is 0 Å². The van der Waals surface area contributed by atoms with Gasteiger partial charge in [0.1, 0.15) is 11.7 Å². The third kappa shape index (κ3) is 1.14. The predicted molar refractivity (Wildman–Crippen MR) is 69.0 cm³/mol. The van der Waals surface area contributed by atoms with Crippen molar-refractivity contribution >= 4 is 5.78 Å². The Hall–Kier alpha value is -0.750. The summed E-state index contributed by atoms with van der Waals surface area (Å²) in [4.78, 5) is 12.2. The van der Waals surface area contributed by atoms with Crippen LogP contribution in [0.25, 0.3) is 0 Å². The highest BCUT2D eigenvalue weighted by Crippen LogP contribution is 2.70. The fourth-order valence-corrected chi connectivity index (χ4v) is 4.87. The van der Waals surface area contributed by atoms with Crippen molar-refractivity contribution in [2.75, 3.05) is 13.2 Å². The molecule has 2 saturated heterocycles. The number of hydrogen-bond acceptors (Lipinski definition) is 5. The number of rotatable bonds is 1. The highest BCUT2D eigenvalue weighted by molar-refractivity contribution is 5.96. The Morgan fingerprint density at radius 2 is 2.20 bits per heavy atom. The zero-order valence-electron chi connectivity index (χ0n) is 11.8. The topological polar surface area (TPSA) is 79.3 Å². The summed E-state index contributed by atoms with van der Waals surface area (Å²) in [5, 5.41) is 20.5. The van der Waals surface area contributed by atoms with Crippen LogP contribution < -0.4 is 0 Å². The molecule has 20 heavy (non-hydrogen) atoms. The van der Waals surface area contributed by atoms with Crippen LogP contribution in [-0.4, -0.2) is 53.1 Å². The van der Waals surface area contributed by atoms with Crippen LogP contribution in [0.4, 0.5) is 0 Å². The standard InChI is InChI=1S/C15H20O5/c1-8-3-11-14(6-16,5-9(8)17)13(2)4-10(18)12(20-11)15(13)7-19-15/h3,10-12,16,18H,4-7H2,1-2H3/t10-,11?,12?,13-,14-,15+/m1/s1. The van der Waals surface area contributed by atoms with Crippen molar-refractivity contribution in [3.63, 3.8) is 0 Å². The van der Waals surface area contributed by atoms with Gasteiger partial charge in [0.15, 0.2) is 5.78 Å². The molecule has 2 aliphatic heterocycles. The van der Waals surface area contributed by atoms with Crippen LogP contribution in [0.15, 0.2) is 11.6 Å². The number of ether oxygens (including phenoxy) is 2. The van der Waals surface area contributed by atoms with Gasteiger partial charge in [-0.1, -0.05) is 6.92 Å². The summed E-state index contributed by atoms with van der Waals surface area (Å²) in [6.07, 6.45) is 1.31. The maximum atomic E-state index is 12.2. The molecule has 1 saturated carbocycles. The Kier molecular flexibility index (Phi) is 2.28. The van der Waals surface area contributed by atoms with Crippen molar-refractivity contribution < 1.29 is 24.5 Å². The molecule has 0 radical (unpaired) electrons. The quantitative estimate of drug-likeness (QED) is 0.670. The second-order valence-corrected chi connectivity index (χ2v) is 7.02. The van der Waals surface area contributed by atoms with Gasteiger partial charge in [-0.3, -0.25) is 4.79 Å². The van der Waals surface area contributed by atoms with Crippen molar-refractivity contribution in [2.45, 2.75) is 50.6 Å². The van der Waals surface area contributed by atoms with Gasteiger partial charge in [0.05, 0.1) is 25.4 Å². The monoisotopic (exact) mass is 280 g/mol. The van der Waals surface area contributed by atoms with Gasteiger partial charge in [-0.15, -0.1) is 0 Å². The van der Waals surface area contributed by atoms with Crippen molar-refractivity contribution in [3.05, 3.63) is 11.6 Å². The van der Waals surface area contributed by atoms with E-state index in [0.29, 0.717) is 18.6 Å². The first kappa shape index (κ1) is 13.0. The van der Waals surface area contributed by atoms with Gasteiger partial charge in [0.2, 0.25) is 0 Å². The molecule has 110 valence electrons. The van der Waals surface area contributed by atoms with Crippen molar-refractivity contribution in [1.82, 2.24) is 0 Å². The summed E-state index contributed by atoms with van der Waals surface area (Å²) in [6.45, 7) is 4.23. The molecular formula is C15H20O5. The van der Waals surface area contributed by atoms with Crippen LogP contribution in [0.3, 0.4) is 0 Å². The van der Waals surface area contributed by atoms with E-state index >= 15 is 0 Å². The lowest BCUT2D eigenvalue weighted by Crippen LogP contribution is -2.65. The lowest BCUT2D eigenvalue weighted by molar-refractivity contribution is -0.215. The molecule has 2 bridgehead atoms. The Balaban J connectivity index is 1.90. The van der Waals surface area contributed by atoms with E-state index in [2.05, 4.69) is 0 Å². The Morgan fingerprint density at radius 1 is 1.50 bits per heavy atom. The predicted octanol–water partition coefficient (Wildman–Crippen LogP) is 0.191. The van der Waals surface area contributed by atoms with Gasteiger partial charge in [-0.25, -0.2) is 0 Å². The fraction of sp³-hybridized carbons (Fsp3) is 0.800. The molecule has 5 heteroatoms. The molecule has 2 heterocycles. The van der Waals surface area contributed by atoms with Crippen LogP contribution in [0.2, 0.25) is 0 Å². The van der Waals surface area contributed by atoms with Crippen LogP contribution in [0.1, 0.15) is 26.7 Å². The lowest BCUT2D eigenvalue weighted by atomic mass is 9.52. The molecule has 0 aromatic carbocycles. The van der Waals surface area contributed by atoms with E-state index in [0.717, 1.165) is 0 Å². The Morgan fingerprint density at radius 3 is 2.80 bits per heavy atom. The second kappa shape index (κ2) is 3.53. The summed E-state index contributed by atoms with van der Waals surface area (Å²) in [5.41, 5.74) is -0.961. The average Bonchev–Trinajstić information content (AvgIpc) is 3.16. The molecular weight excluding hydrogens is 260 g/mol. The zero-order chi connectivity index (χ0) is 14.3. The number of hydrogen-bond donors (Lipinski definition) is 2. The van der Waals surface area contributed by atoms with Gasteiger partial charge in [-0.05, 0) is 25.0 Å². The van der Waals surface area contributed by atoms with E-state index in [-0.39, 0.29) is 31.0 Å². The number of carbonyl (C=O) groups is 1. The molecule has 3 fully saturated rings. The number of aliphatic hydroxyl groups is 2. The smallest absolute Gasteiger partial charge is 0.159 e. The molecule has 0 aromatic heterocycles. The fourth-order valence-electron chi connectivity index (χ4n) is 4.87. The number of fused-ring (bicyclic) bond motifs is 2. The van der Waals surface area contributed by atoms with E-state index in [1.807, 2.05) is 13.0 Å². The van der Waals surface area contributed by atoms with Crippen LogP contribution in [-0.2, 0) is 14.3 Å². The highest BCUT2D eigenvalue weighted by atomic mass is 16.6. The van der Waals surface area contributed by atoms with Gasteiger partial charge >= 0.3 is 0 Å². The van der Waals surface area contributed by atoms with Crippen molar-refractivity contribution in [3.8, 4) is 0 Å². The Bertz CT molecular complexity index is 522. The van der Waals surface area contributed by atoms with Crippen LogP contribution in [0.5, 0.6) is 0 Å². The number of ketones is 1. The molecule has 2 N–H and O–H groups in total. The van der Waals surface area contributed by atoms with E-state index in [9.17, 15) is 15.0 Å². The molecule has 6 atom stereocenters. The minimum atomic E-state index is -0.686. The summed E-state index contributed by atoms with van der Waals surface area (Å²) < 4.78 is 11.8. The first-order valence-corrected chi connectivity index (χ1v) is 7.20. The molecule has 2 unspecified atom stereocenters. The minimum absolute atomic E-state index is 0.0516. The molecule has 5 nitrogen and oxygen atoms in total. The first-order chi connectivity index (χ1) is 9.40. The summed E-state index contributed by atoms with van der Waals surface area (Å²) in [6, 6.07) is 0. The molecule has 0 amide bonds. The largest absolute Gasteiger partial charge is 0.396 e. The summed E-state index contributed by atoms with van der Waals surface area (Å²) >= 11 is 0. The van der Waals surface area contributed by atoms with Crippen molar-refractivity contribution in [2.24, 2.45) is 10.8 Å².